The summed E-state index contributed by atoms with van der Waals surface area (Å²) in [6.45, 7) is 1.56. The predicted molar refractivity (Wildman–Crippen MR) is 49.5 cm³/mol. The van der Waals surface area contributed by atoms with Crippen LogP contribution in [0.5, 0.6) is 0 Å². The second kappa shape index (κ2) is 4.82. The fourth-order valence-corrected chi connectivity index (χ4v) is 1.56. The van der Waals surface area contributed by atoms with Gasteiger partial charge >= 0.3 is 6.18 Å². The van der Waals surface area contributed by atoms with E-state index >= 15 is 0 Å². The minimum Gasteiger partial charge on any atom is -0.305 e. The van der Waals surface area contributed by atoms with Crippen molar-refractivity contribution in [3.8, 4) is 0 Å². The van der Waals surface area contributed by atoms with E-state index in [9.17, 15) is 22.8 Å². The average Bonchev–Trinajstić information content (AvgIpc) is 2.40. The number of likely N-dealkylation sites (tertiary alicyclic amines) is 1. The van der Waals surface area contributed by atoms with Gasteiger partial charge in [0.15, 0.2) is 0 Å². The molecule has 0 aromatic carbocycles. The van der Waals surface area contributed by atoms with Gasteiger partial charge in [-0.25, -0.2) is 0 Å². The molecule has 7 heteroatoms. The third kappa shape index (κ3) is 3.19. The molecule has 0 aromatic heterocycles. The number of likely N-dealkylation sites (N-methyl/N-ethyl adjacent to an activating group) is 1. The third-order valence-corrected chi connectivity index (χ3v) is 2.36. The maximum absolute atomic E-state index is 11.8. The van der Waals surface area contributed by atoms with Crippen LogP contribution in [0.4, 0.5) is 13.2 Å². The number of imide groups is 1. The highest BCUT2D eigenvalue weighted by Gasteiger charge is 2.37. The van der Waals surface area contributed by atoms with Gasteiger partial charge in [-0.1, -0.05) is 0 Å². The summed E-state index contributed by atoms with van der Waals surface area (Å²) in [5, 5.41) is 2.45. The van der Waals surface area contributed by atoms with E-state index < -0.39 is 24.5 Å². The molecule has 16 heavy (non-hydrogen) atoms. The van der Waals surface area contributed by atoms with E-state index in [0.717, 1.165) is 4.90 Å². The Morgan fingerprint density at radius 1 is 1.44 bits per heavy atom. The lowest BCUT2D eigenvalue weighted by Gasteiger charge is -2.13. The molecule has 0 radical (unpaired) electrons. The minimum atomic E-state index is -4.25. The summed E-state index contributed by atoms with van der Waals surface area (Å²) in [5.41, 5.74) is 0. The monoisotopic (exact) mass is 238 g/mol. The predicted octanol–water partition coefficient (Wildman–Crippen LogP) is 0.676. The molecule has 0 aromatic rings. The summed E-state index contributed by atoms with van der Waals surface area (Å²) < 4.78 is 35.5. The Kier molecular flexibility index (Phi) is 3.90. The summed E-state index contributed by atoms with van der Waals surface area (Å²) in [6.07, 6.45) is -5.30. The van der Waals surface area contributed by atoms with Gasteiger partial charge in [0.2, 0.25) is 11.8 Å². The molecule has 1 atom stereocenters. The largest absolute Gasteiger partial charge is 0.390 e. The first kappa shape index (κ1) is 13.0. The van der Waals surface area contributed by atoms with Crippen LogP contribution in [0, 0.1) is 0 Å². The molecular formula is C9H13F3N2O2. The lowest BCUT2D eigenvalue weighted by atomic mass is 10.2. The van der Waals surface area contributed by atoms with Gasteiger partial charge in [0.05, 0.1) is 18.9 Å². The molecule has 0 bridgehead atoms. The van der Waals surface area contributed by atoms with Crippen LogP contribution in [0.3, 0.4) is 0 Å². The van der Waals surface area contributed by atoms with E-state index in [1.165, 1.54) is 0 Å². The van der Waals surface area contributed by atoms with Crippen molar-refractivity contribution >= 4 is 11.8 Å². The highest BCUT2D eigenvalue weighted by molar-refractivity contribution is 6.05. The molecule has 1 rings (SSSR count). The van der Waals surface area contributed by atoms with Crippen molar-refractivity contribution in [2.24, 2.45) is 0 Å². The van der Waals surface area contributed by atoms with Crippen molar-refractivity contribution in [3.05, 3.63) is 0 Å². The first-order chi connectivity index (χ1) is 7.35. The van der Waals surface area contributed by atoms with Crippen LogP contribution in [0.25, 0.3) is 0 Å². The van der Waals surface area contributed by atoms with Crippen LogP contribution >= 0.6 is 0 Å². The summed E-state index contributed by atoms with van der Waals surface area (Å²) >= 11 is 0. The van der Waals surface area contributed by atoms with E-state index in [1.807, 2.05) is 0 Å². The van der Waals surface area contributed by atoms with Crippen molar-refractivity contribution in [1.29, 1.82) is 0 Å². The minimum absolute atomic E-state index is 0.0511. The van der Waals surface area contributed by atoms with Crippen LogP contribution in [-0.2, 0) is 9.59 Å². The van der Waals surface area contributed by atoms with Crippen LogP contribution in [0.15, 0.2) is 0 Å². The fraction of sp³-hybridized carbons (Fsp3) is 0.778. The molecule has 1 fully saturated rings. The van der Waals surface area contributed by atoms with E-state index in [4.69, 9.17) is 0 Å². The molecule has 0 saturated carbocycles. The lowest BCUT2D eigenvalue weighted by Crippen LogP contribution is -2.39. The van der Waals surface area contributed by atoms with Gasteiger partial charge in [0.1, 0.15) is 0 Å². The van der Waals surface area contributed by atoms with Gasteiger partial charge in [-0.05, 0) is 6.92 Å². The topological polar surface area (TPSA) is 49.4 Å². The first-order valence-corrected chi connectivity index (χ1v) is 4.99. The van der Waals surface area contributed by atoms with Gasteiger partial charge in [0, 0.05) is 13.1 Å². The number of nitrogens with one attached hydrogen (secondary N) is 1. The van der Waals surface area contributed by atoms with Gasteiger partial charge in [0.25, 0.3) is 0 Å². The number of rotatable bonds is 4. The van der Waals surface area contributed by atoms with Gasteiger partial charge in [-0.15, -0.1) is 0 Å². The van der Waals surface area contributed by atoms with E-state index in [0.29, 0.717) is 0 Å². The highest BCUT2D eigenvalue weighted by atomic mass is 19.4. The number of amides is 2. The van der Waals surface area contributed by atoms with Crippen LogP contribution < -0.4 is 5.32 Å². The molecule has 1 N–H and O–H groups in total. The van der Waals surface area contributed by atoms with E-state index in [1.54, 1.807) is 6.92 Å². The smallest absolute Gasteiger partial charge is 0.305 e. The number of carbonyl (C=O) groups is 2. The van der Waals surface area contributed by atoms with Gasteiger partial charge < -0.3 is 5.32 Å². The highest BCUT2D eigenvalue weighted by Crippen LogP contribution is 2.19. The Morgan fingerprint density at radius 2 is 2.06 bits per heavy atom. The Morgan fingerprint density at radius 3 is 2.50 bits per heavy atom. The van der Waals surface area contributed by atoms with Crippen LogP contribution in [0.1, 0.15) is 19.8 Å². The zero-order valence-electron chi connectivity index (χ0n) is 8.80. The summed E-state index contributed by atoms with van der Waals surface area (Å²) in [5.74, 6) is -0.772. The van der Waals surface area contributed by atoms with E-state index in [-0.39, 0.29) is 25.4 Å². The van der Waals surface area contributed by atoms with Crippen molar-refractivity contribution in [1.82, 2.24) is 10.2 Å². The van der Waals surface area contributed by atoms with Crippen molar-refractivity contribution < 1.29 is 22.8 Å². The second-order valence-corrected chi connectivity index (χ2v) is 3.55. The van der Waals surface area contributed by atoms with Crippen molar-refractivity contribution in [3.63, 3.8) is 0 Å². The molecule has 1 aliphatic heterocycles. The Labute approximate surface area is 90.8 Å². The number of halogens is 3. The fourth-order valence-electron chi connectivity index (χ4n) is 1.56. The summed E-state index contributed by atoms with van der Waals surface area (Å²) in [4.78, 5) is 23.7. The Hall–Kier alpha value is -1.11. The quantitative estimate of drug-likeness (QED) is 0.732. The van der Waals surface area contributed by atoms with Crippen LogP contribution in [0.2, 0.25) is 0 Å². The molecule has 1 unspecified atom stereocenters. The van der Waals surface area contributed by atoms with Crippen molar-refractivity contribution in [2.45, 2.75) is 32.0 Å². The van der Waals surface area contributed by atoms with Crippen molar-refractivity contribution in [2.75, 3.05) is 13.1 Å². The van der Waals surface area contributed by atoms with Gasteiger partial charge in [-0.2, -0.15) is 13.2 Å². The number of hydrogen-bond acceptors (Lipinski definition) is 3. The number of hydrogen-bond donors (Lipinski definition) is 1. The zero-order chi connectivity index (χ0) is 12.3. The maximum atomic E-state index is 11.8. The molecule has 1 aliphatic rings. The zero-order valence-corrected chi connectivity index (χ0v) is 8.80. The molecule has 4 nitrogen and oxygen atoms in total. The summed E-state index contributed by atoms with van der Waals surface area (Å²) in [7, 11) is 0. The molecule has 0 spiro atoms. The molecule has 1 heterocycles. The third-order valence-electron chi connectivity index (χ3n) is 2.36. The summed E-state index contributed by atoms with van der Waals surface area (Å²) in [6, 6.07) is -0.796. The lowest BCUT2D eigenvalue weighted by molar-refractivity contribution is -0.140. The molecule has 92 valence electrons. The molecule has 0 aliphatic carbocycles. The average molecular weight is 238 g/mol. The molecular weight excluding hydrogens is 225 g/mol. The molecule has 2 amide bonds. The van der Waals surface area contributed by atoms with E-state index in [2.05, 4.69) is 5.32 Å². The SMILES string of the molecule is CCN1C(=O)CC(NCCC(F)(F)F)C1=O. The van der Waals surface area contributed by atoms with Crippen LogP contribution in [-0.4, -0.2) is 42.0 Å². The maximum Gasteiger partial charge on any atom is 0.390 e. The normalized spacial score (nSPS) is 22.0. The van der Waals surface area contributed by atoms with Gasteiger partial charge in [-0.3, -0.25) is 14.5 Å². The number of carbonyl (C=O) groups excluding carboxylic acids is 2. The molecule has 1 saturated heterocycles. The number of alkyl halides is 3. The Bertz CT molecular complexity index is 291. The number of nitrogens with zero attached hydrogens (tertiary/aromatic N) is 1. The first-order valence-electron chi connectivity index (χ1n) is 4.99. The Balaban J connectivity index is 2.40. The second-order valence-electron chi connectivity index (χ2n) is 3.55. The standard InChI is InChI=1S/C9H13F3N2O2/c1-2-14-7(15)5-6(8(14)16)13-4-3-9(10,11)12/h6,13H,2-5H2,1H3.